The minimum Gasteiger partial charge on any atom is -0.483 e. The number of hydrogen-bond acceptors (Lipinski definition) is 6. The maximum Gasteiger partial charge on any atom is 0.260 e. The second-order valence-electron chi connectivity index (χ2n) is 8.47. The molecule has 1 N–H and O–H groups in total. The predicted octanol–water partition coefficient (Wildman–Crippen LogP) is 3.06. The molecular formula is C24H29BrFN3O5S. The van der Waals surface area contributed by atoms with Crippen molar-refractivity contribution in [3.8, 4) is 5.75 Å². The summed E-state index contributed by atoms with van der Waals surface area (Å²) in [6.45, 7) is 5.50. The van der Waals surface area contributed by atoms with Crippen molar-refractivity contribution in [2.24, 2.45) is 0 Å². The molecule has 8 nitrogen and oxygen atoms in total. The van der Waals surface area contributed by atoms with Crippen LogP contribution in [0, 0.1) is 5.82 Å². The van der Waals surface area contributed by atoms with Gasteiger partial charge in [0.15, 0.2) is 6.61 Å². The number of nitrogens with one attached hydrogen (secondary N) is 1. The average Bonchev–Trinajstić information content (AvgIpc) is 2.78. The molecule has 1 heterocycles. The zero-order chi connectivity index (χ0) is 25.6. The molecule has 0 bridgehead atoms. The van der Waals surface area contributed by atoms with Gasteiger partial charge >= 0.3 is 0 Å². The summed E-state index contributed by atoms with van der Waals surface area (Å²) in [6, 6.07) is 11.3. The lowest BCUT2D eigenvalue weighted by Crippen LogP contribution is -2.55. The van der Waals surface area contributed by atoms with Gasteiger partial charge in [0.1, 0.15) is 11.6 Å². The number of piperazine rings is 1. The van der Waals surface area contributed by atoms with Crippen LogP contribution in [0.25, 0.3) is 0 Å². The van der Waals surface area contributed by atoms with Gasteiger partial charge in [-0.1, -0.05) is 35.0 Å². The van der Waals surface area contributed by atoms with Gasteiger partial charge in [-0.2, -0.15) is 0 Å². The van der Waals surface area contributed by atoms with Crippen LogP contribution in [-0.2, 0) is 31.9 Å². The minimum atomic E-state index is -3.90. The van der Waals surface area contributed by atoms with Crippen LogP contribution in [-0.4, -0.2) is 62.3 Å². The summed E-state index contributed by atoms with van der Waals surface area (Å²) in [4.78, 5) is 28.2. The third kappa shape index (κ3) is 8.01. The molecule has 0 unspecified atom stereocenters. The summed E-state index contributed by atoms with van der Waals surface area (Å²) in [7, 11) is -3.90. The maximum atomic E-state index is 13.2. The second-order valence-corrected chi connectivity index (χ2v) is 11.1. The number of rotatable bonds is 9. The van der Waals surface area contributed by atoms with E-state index in [1.807, 2.05) is 11.6 Å². The second kappa shape index (κ2) is 12.0. The van der Waals surface area contributed by atoms with Gasteiger partial charge in [0, 0.05) is 49.2 Å². The van der Waals surface area contributed by atoms with Crippen molar-refractivity contribution in [1.82, 2.24) is 14.5 Å². The zero-order valence-electron chi connectivity index (χ0n) is 19.7. The topological polar surface area (TPSA) is 96.0 Å². The van der Waals surface area contributed by atoms with Crippen molar-refractivity contribution in [3.63, 3.8) is 0 Å². The Hall–Kier alpha value is -2.50. The number of carbonyl (C=O) groups is 2. The van der Waals surface area contributed by atoms with Gasteiger partial charge in [0.05, 0.1) is 5.75 Å². The van der Waals surface area contributed by atoms with Crippen molar-refractivity contribution in [2.45, 2.75) is 38.6 Å². The molecule has 1 atom stereocenters. The zero-order valence-corrected chi connectivity index (χ0v) is 22.1. The van der Waals surface area contributed by atoms with Crippen LogP contribution in [0.15, 0.2) is 46.9 Å². The van der Waals surface area contributed by atoms with E-state index in [0.717, 1.165) is 18.9 Å². The van der Waals surface area contributed by atoms with E-state index in [-0.39, 0.29) is 30.1 Å². The highest BCUT2D eigenvalue weighted by atomic mass is 79.9. The number of benzene rings is 2. The highest BCUT2D eigenvalue weighted by Crippen LogP contribution is 2.25. The number of carbonyl (C=O) groups excluding carboxylic acids is 2. The number of nitrogens with zero attached hydrogens (tertiary/aromatic N) is 2. The normalized spacial score (nSPS) is 16.7. The summed E-state index contributed by atoms with van der Waals surface area (Å²) >= 11 is 3.31. The van der Waals surface area contributed by atoms with Crippen LogP contribution in [0.1, 0.15) is 31.4 Å². The molecule has 2 aromatic rings. The number of ether oxygens (including phenoxy) is 1. The molecule has 0 aromatic heterocycles. The SMILES string of the molecule is CC[C@@H]1CN(Cc2ccc(F)cc2)CCN1C(=O)COc1ccc(Br)cc1CS(=O)(=O)NC(C)=O. The third-order valence-electron chi connectivity index (χ3n) is 5.70. The van der Waals surface area contributed by atoms with E-state index in [9.17, 15) is 22.4 Å². The van der Waals surface area contributed by atoms with Crippen molar-refractivity contribution in [3.05, 3.63) is 63.9 Å². The van der Waals surface area contributed by atoms with E-state index in [0.29, 0.717) is 36.2 Å². The first-order chi connectivity index (χ1) is 16.6. The fourth-order valence-corrected chi connectivity index (χ4v) is 5.63. The Morgan fingerprint density at radius 3 is 2.54 bits per heavy atom. The molecule has 1 fully saturated rings. The molecule has 0 spiro atoms. The molecular weight excluding hydrogens is 541 g/mol. The molecule has 11 heteroatoms. The van der Waals surface area contributed by atoms with Gasteiger partial charge in [-0.05, 0) is 42.3 Å². The fraction of sp³-hybridized carbons (Fsp3) is 0.417. The Labute approximate surface area is 213 Å². The van der Waals surface area contributed by atoms with Crippen LogP contribution < -0.4 is 9.46 Å². The molecule has 2 amide bonds. The first-order valence-corrected chi connectivity index (χ1v) is 13.7. The van der Waals surface area contributed by atoms with Crippen LogP contribution in [0.4, 0.5) is 4.39 Å². The van der Waals surface area contributed by atoms with Crippen molar-refractivity contribution < 1.29 is 27.1 Å². The van der Waals surface area contributed by atoms with E-state index >= 15 is 0 Å². The Balaban J connectivity index is 1.62. The van der Waals surface area contributed by atoms with Gasteiger partial charge in [-0.15, -0.1) is 0 Å². The quantitative estimate of drug-likeness (QED) is 0.498. The fourth-order valence-electron chi connectivity index (χ4n) is 4.07. The molecule has 0 saturated carbocycles. The van der Waals surface area contributed by atoms with Crippen molar-refractivity contribution in [2.75, 3.05) is 26.2 Å². The smallest absolute Gasteiger partial charge is 0.260 e. The predicted molar refractivity (Wildman–Crippen MR) is 134 cm³/mol. The van der Waals surface area contributed by atoms with Crippen LogP contribution >= 0.6 is 15.9 Å². The summed E-state index contributed by atoms with van der Waals surface area (Å²) in [5.74, 6) is -1.33. The Bertz CT molecular complexity index is 1160. The first kappa shape index (κ1) is 27.1. The molecule has 190 valence electrons. The lowest BCUT2D eigenvalue weighted by Gasteiger charge is -2.41. The number of sulfonamides is 1. The summed E-state index contributed by atoms with van der Waals surface area (Å²) in [5.41, 5.74) is 1.35. The Kier molecular flexibility index (Phi) is 9.26. The number of halogens is 2. The minimum absolute atomic E-state index is 0.00447. The maximum absolute atomic E-state index is 13.2. The molecule has 0 aliphatic carbocycles. The van der Waals surface area contributed by atoms with Gasteiger partial charge in [0.2, 0.25) is 15.9 Å². The molecule has 1 saturated heterocycles. The van der Waals surface area contributed by atoms with Gasteiger partial charge in [-0.25, -0.2) is 12.8 Å². The molecule has 1 aliphatic heterocycles. The van der Waals surface area contributed by atoms with Crippen LogP contribution in [0.2, 0.25) is 0 Å². The number of amides is 2. The highest BCUT2D eigenvalue weighted by molar-refractivity contribution is 9.10. The summed E-state index contributed by atoms with van der Waals surface area (Å²) in [5, 5.41) is 0. The van der Waals surface area contributed by atoms with Crippen LogP contribution in [0.3, 0.4) is 0 Å². The standard InChI is InChI=1S/C24H29BrFN3O5S/c1-3-22-14-28(13-18-4-7-21(26)8-5-18)10-11-29(22)24(31)15-34-23-9-6-20(25)12-19(23)16-35(32,33)27-17(2)30/h4-9,12,22H,3,10-11,13-16H2,1-2H3,(H,27,30)/t22-/m1/s1. The van der Waals surface area contributed by atoms with E-state index in [2.05, 4.69) is 20.8 Å². The first-order valence-electron chi connectivity index (χ1n) is 11.2. The Morgan fingerprint density at radius 2 is 1.89 bits per heavy atom. The largest absolute Gasteiger partial charge is 0.483 e. The number of hydrogen-bond donors (Lipinski definition) is 1. The average molecular weight is 570 g/mol. The van der Waals surface area contributed by atoms with Crippen molar-refractivity contribution in [1.29, 1.82) is 0 Å². The molecule has 1 aliphatic rings. The molecule has 35 heavy (non-hydrogen) atoms. The van der Waals surface area contributed by atoms with E-state index < -0.39 is 21.7 Å². The lowest BCUT2D eigenvalue weighted by molar-refractivity contribution is -0.138. The summed E-state index contributed by atoms with van der Waals surface area (Å²) < 4.78 is 45.9. The van der Waals surface area contributed by atoms with E-state index in [4.69, 9.17) is 4.74 Å². The molecule has 2 aromatic carbocycles. The molecule has 3 rings (SSSR count). The monoisotopic (exact) mass is 569 g/mol. The summed E-state index contributed by atoms with van der Waals surface area (Å²) in [6.07, 6.45) is 0.768. The van der Waals surface area contributed by atoms with Crippen molar-refractivity contribution >= 4 is 37.8 Å². The molecule has 0 radical (unpaired) electrons. The van der Waals surface area contributed by atoms with E-state index in [1.54, 1.807) is 35.2 Å². The van der Waals surface area contributed by atoms with Gasteiger partial charge in [-0.3, -0.25) is 19.2 Å². The Morgan fingerprint density at radius 1 is 1.17 bits per heavy atom. The van der Waals surface area contributed by atoms with Gasteiger partial charge < -0.3 is 9.64 Å². The van der Waals surface area contributed by atoms with E-state index in [1.165, 1.54) is 12.1 Å². The van der Waals surface area contributed by atoms with Gasteiger partial charge in [0.25, 0.3) is 5.91 Å². The lowest BCUT2D eigenvalue weighted by atomic mass is 10.1. The van der Waals surface area contributed by atoms with Crippen LogP contribution in [0.5, 0.6) is 5.75 Å². The highest BCUT2D eigenvalue weighted by Gasteiger charge is 2.29. The third-order valence-corrected chi connectivity index (χ3v) is 7.48.